The quantitative estimate of drug-likeness (QED) is 0.576. The van der Waals surface area contributed by atoms with E-state index in [4.69, 9.17) is 0 Å². The number of carbonyl (C=O) groups is 1. The van der Waals surface area contributed by atoms with Crippen LogP contribution in [0.1, 0.15) is 35.2 Å². The lowest BCUT2D eigenvalue weighted by molar-refractivity contribution is -0.141. The largest absolute Gasteiger partial charge is 0.405 e. The van der Waals surface area contributed by atoms with E-state index in [-0.39, 0.29) is 6.42 Å². The second-order valence-electron chi connectivity index (χ2n) is 7.82. The fourth-order valence-electron chi connectivity index (χ4n) is 4.23. The first-order valence-electron chi connectivity index (χ1n) is 10.3. The molecule has 1 N–H and O–H groups in total. The molecule has 0 radical (unpaired) electrons. The van der Waals surface area contributed by atoms with Crippen LogP contribution in [0.15, 0.2) is 66.9 Å². The summed E-state index contributed by atoms with van der Waals surface area (Å²) >= 11 is 0. The molecule has 1 aliphatic carbocycles. The van der Waals surface area contributed by atoms with Gasteiger partial charge in [-0.05, 0) is 53.1 Å². The van der Waals surface area contributed by atoms with Crippen LogP contribution in [0.3, 0.4) is 0 Å². The van der Waals surface area contributed by atoms with Crippen LogP contribution < -0.4 is 5.32 Å². The summed E-state index contributed by atoms with van der Waals surface area (Å²) in [5.41, 5.74) is 3.52. The third kappa shape index (κ3) is 4.11. The Bertz CT molecular complexity index is 1160. The van der Waals surface area contributed by atoms with Crippen molar-refractivity contribution in [2.24, 2.45) is 0 Å². The van der Waals surface area contributed by atoms with E-state index in [0.29, 0.717) is 23.2 Å². The molecule has 1 aliphatic rings. The van der Waals surface area contributed by atoms with E-state index in [1.807, 2.05) is 55.5 Å². The lowest BCUT2D eigenvalue weighted by atomic mass is 9.73. The van der Waals surface area contributed by atoms with Gasteiger partial charge in [-0.15, -0.1) is 0 Å². The summed E-state index contributed by atoms with van der Waals surface area (Å²) in [4.78, 5) is 17.6. The van der Waals surface area contributed by atoms with Crippen LogP contribution in [0.5, 0.6) is 0 Å². The fraction of sp³-hybridized carbons (Fsp3) is 0.231. The Morgan fingerprint density at radius 2 is 1.62 bits per heavy atom. The first-order valence-corrected chi connectivity index (χ1v) is 10.3. The predicted octanol–water partition coefficient (Wildman–Crippen LogP) is 5.17. The number of carbonyl (C=O) groups excluding carboxylic acids is 1. The number of nitrogens with one attached hydrogen (secondary N) is 1. The summed E-state index contributed by atoms with van der Waals surface area (Å²) in [6.45, 7) is 0.555. The number of aryl methyl sites for hydroxylation is 1. The summed E-state index contributed by atoms with van der Waals surface area (Å²) in [6.07, 6.45) is -2.20. The highest BCUT2D eigenvalue weighted by Gasteiger charge is 2.49. The number of rotatable bonds is 4. The number of hydrogen-bond donors (Lipinski definition) is 1. The average molecular weight is 434 g/mol. The summed E-state index contributed by atoms with van der Waals surface area (Å²) in [5.74, 6) is 5.37. The molecular formula is C26H21F3N2O. The van der Waals surface area contributed by atoms with Gasteiger partial charge in [0.05, 0.1) is 0 Å². The van der Waals surface area contributed by atoms with Gasteiger partial charge in [-0.2, -0.15) is 13.2 Å². The number of amides is 1. The molecule has 3 nitrogen and oxygen atoms in total. The van der Waals surface area contributed by atoms with Crippen LogP contribution in [0.25, 0.3) is 11.1 Å². The van der Waals surface area contributed by atoms with Crippen molar-refractivity contribution in [2.75, 3.05) is 6.54 Å². The first-order chi connectivity index (χ1) is 15.3. The smallest absolute Gasteiger partial charge is 0.346 e. The minimum absolute atomic E-state index is 0.254. The van der Waals surface area contributed by atoms with Gasteiger partial charge in [0.2, 0.25) is 5.91 Å². The molecule has 0 unspecified atom stereocenters. The van der Waals surface area contributed by atoms with Crippen molar-refractivity contribution < 1.29 is 18.0 Å². The van der Waals surface area contributed by atoms with Crippen LogP contribution >= 0.6 is 0 Å². The number of pyridine rings is 1. The number of hydrogen-bond acceptors (Lipinski definition) is 2. The minimum atomic E-state index is -4.49. The SMILES string of the molecule is Cc1ccc(C#CCCC2(C(=O)NCC(F)(F)F)c3ccccc3-c3ccccc32)nc1. The molecule has 0 fully saturated rings. The maximum atomic E-state index is 13.4. The molecule has 0 saturated heterocycles. The standard InChI is InChI=1S/C26H21F3N2O/c1-18-13-14-19(30-16-18)8-6-7-15-25(24(32)31-17-26(27,28)29)22-11-4-2-9-20(22)21-10-3-5-12-23(21)25/h2-5,9-14,16H,7,15,17H2,1H3,(H,31,32). The van der Waals surface area contributed by atoms with Gasteiger partial charge in [-0.1, -0.05) is 60.5 Å². The van der Waals surface area contributed by atoms with E-state index in [2.05, 4.69) is 22.1 Å². The molecule has 162 valence electrons. The highest BCUT2D eigenvalue weighted by atomic mass is 19.4. The lowest BCUT2D eigenvalue weighted by Gasteiger charge is -2.30. The van der Waals surface area contributed by atoms with E-state index in [1.165, 1.54) is 0 Å². The molecule has 1 heterocycles. The van der Waals surface area contributed by atoms with Gasteiger partial charge in [0.1, 0.15) is 17.7 Å². The molecule has 1 amide bonds. The highest BCUT2D eigenvalue weighted by Crippen LogP contribution is 2.51. The van der Waals surface area contributed by atoms with Gasteiger partial charge in [0.25, 0.3) is 0 Å². The lowest BCUT2D eigenvalue weighted by Crippen LogP contribution is -2.47. The molecule has 0 atom stereocenters. The van der Waals surface area contributed by atoms with Crippen molar-refractivity contribution in [3.8, 4) is 23.0 Å². The van der Waals surface area contributed by atoms with Gasteiger partial charge < -0.3 is 5.32 Å². The van der Waals surface area contributed by atoms with Crippen molar-refractivity contribution in [2.45, 2.75) is 31.4 Å². The van der Waals surface area contributed by atoms with Crippen LogP contribution in [-0.2, 0) is 10.2 Å². The number of benzene rings is 2. The Morgan fingerprint density at radius 1 is 1.00 bits per heavy atom. The zero-order chi connectivity index (χ0) is 22.8. The van der Waals surface area contributed by atoms with Crippen molar-refractivity contribution in [1.82, 2.24) is 10.3 Å². The second kappa shape index (κ2) is 8.51. The molecule has 4 rings (SSSR count). The zero-order valence-electron chi connectivity index (χ0n) is 17.5. The molecule has 0 saturated carbocycles. The van der Waals surface area contributed by atoms with E-state index in [9.17, 15) is 18.0 Å². The van der Waals surface area contributed by atoms with Gasteiger partial charge in [-0.3, -0.25) is 4.79 Å². The van der Waals surface area contributed by atoms with Gasteiger partial charge in [-0.25, -0.2) is 4.98 Å². The van der Waals surface area contributed by atoms with Gasteiger partial charge in [0, 0.05) is 12.6 Å². The summed E-state index contributed by atoms with van der Waals surface area (Å²) in [6, 6.07) is 18.5. The molecular weight excluding hydrogens is 413 g/mol. The van der Waals surface area contributed by atoms with Crippen molar-refractivity contribution in [3.63, 3.8) is 0 Å². The minimum Gasteiger partial charge on any atom is -0.346 e. The Balaban J connectivity index is 1.72. The normalized spacial score (nSPS) is 13.5. The zero-order valence-corrected chi connectivity index (χ0v) is 17.5. The summed E-state index contributed by atoms with van der Waals surface area (Å²) < 4.78 is 38.7. The van der Waals surface area contributed by atoms with Gasteiger partial charge in [0.15, 0.2) is 0 Å². The maximum absolute atomic E-state index is 13.4. The molecule has 0 bridgehead atoms. The Kier molecular flexibility index (Phi) is 5.75. The Morgan fingerprint density at radius 3 is 2.19 bits per heavy atom. The molecule has 2 aromatic carbocycles. The number of fused-ring (bicyclic) bond motifs is 3. The van der Waals surface area contributed by atoms with Crippen molar-refractivity contribution in [1.29, 1.82) is 0 Å². The van der Waals surface area contributed by atoms with E-state index in [0.717, 1.165) is 16.7 Å². The van der Waals surface area contributed by atoms with Crippen LogP contribution in [0, 0.1) is 18.8 Å². The molecule has 0 spiro atoms. The van der Waals surface area contributed by atoms with Crippen LogP contribution in [0.2, 0.25) is 0 Å². The van der Waals surface area contributed by atoms with E-state index >= 15 is 0 Å². The Hall–Kier alpha value is -3.59. The third-order valence-corrected chi connectivity index (χ3v) is 5.65. The molecule has 1 aromatic heterocycles. The number of alkyl halides is 3. The molecule has 3 aromatic rings. The topological polar surface area (TPSA) is 42.0 Å². The number of halogens is 3. The second-order valence-corrected chi connectivity index (χ2v) is 7.82. The molecule has 6 heteroatoms. The summed E-state index contributed by atoms with van der Waals surface area (Å²) in [7, 11) is 0. The summed E-state index contributed by atoms with van der Waals surface area (Å²) in [5, 5.41) is 2.13. The van der Waals surface area contributed by atoms with E-state index < -0.39 is 24.0 Å². The predicted molar refractivity (Wildman–Crippen MR) is 117 cm³/mol. The fourth-order valence-corrected chi connectivity index (χ4v) is 4.23. The number of nitrogens with zero attached hydrogens (tertiary/aromatic N) is 1. The third-order valence-electron chi connectivity index (χ3n) is 5.65. The van der Waals surface area contributed by atoms with Crippen molar-refractivity contribution in [3.05, 3.63) is 89.2 Å². The number of aromatic nitrogens is 1. The molecule has 0 aliphatic heterocycles. The van der Waals surface area contributed by atoms with Crippen LogP contribution in [0.4, 0.5) is 13.2 Å². The maximum Gasteiger partial charge on any atom is 0.405 e. The van der Waals surface area contributed by atoms with Crippen LogP contribution in [-0.4, -0.2) is 23.6 Å². The van der Waals surface area contributed by atoms with Gasteiger partial charge >= 0.3 is 6.18 Å². The van der Waals surface area contributed by atoms with E-state index in [1.54, 1.807) is 18.3 Å². The monoisotopic (exact) mass is 434 g/mol. The van der Waals surface area contributed by atoms with Crippen molar-refractivity contribution >= 4 is 5.91 Å². The first kappa shape index (κ1) is 21.6. The Labute approximate surface area is 184 Å². The highest BCUT2D eigenvalue weighted by molar-refractivity contribution is 6.00. The average Bonchev–Trinajstić information content (AvgIpc) is 3.07. The molecule has 32 heavy (non-hydrogen) atoms.